The Hall–Kier alpha value is -2.01. The number of halogens is 1. The highest BCUT2D eigenvalue weighted by atomic mass is 35.5. The van der Waals surface area contributed by atoms with Crippen molar-refractivity contribution < 1.29 is 9.47 Å². The third-order valence-corrected chi connectivity index (χ3v) is 2.92. The first-order valence-corrected chi connectivity index (χ1v) is 6.75. The lowest BCUT2D eigenvalue weighted by molar-refractivity contribution is 0.337. The van der Waals surface area contributed by atoms with Gasteiger partial charge in [0.2, 0.25) is 5.88 Å². The number of alkyl halides is 1. The molecule has 6 heteroatoms. The lowest BCUT2D eigenvalue weighted by Gasteiger charge is -2.11. The second-order valence-electron chi connectivity index (χ2n) is 3.96. The second kappa shape index (κ2) is 6.96. The maximum atomic E-state index is 5.94. The topological polar surface area (TPSA) is 56.3 Å². The summed E-state index contributed by atoms with van der Waals surface area (Å²) in [5, 5.41) is 3.18. The molecule has 2 rings (SSSR count). The van der Waals surface area contributed by atoms with Crippen LogP contribution in [0.1, 0.15) is 12.5 Å². The third kappa shape index (κ3) is 3.51. The normalized spacial score (nSPS) is 10.2. The van der Waals surface area contributed by atoms with Gasteiger partial charge >= 0.3 is 0 Å². The summed E-state index contributed by atoms with van der Waals surface area (Å²) in [7, 11) is 1.56. The average molecular weight is 294 g/mol. The van der Waals surface area contributed by atoms with Gasteiger partial charge in [-0.1, -0.05) is 0 Å². The molecule has 0 fully saturated rings. The molecule has 0 atom stereocenters. The Labute approximate surface area is 122 Å². The molecule has 5 nitrogen and oxygen atoms in total. The van der Waals surface area contributed by atoms with Gasteiger partial charge < -0.3 is 14.8 Å². The number of anilines is 2. The number of hydrogen-bond acceptors (Lipinski definition) is 5. The fourth-order valence-electron chi connectivity index (χ4n) is 1.73. The minimum absolute atomic E-state index is 0.387. The Kier molecular flexibility index (Phi) is 5.01. The van der Waals surface area contributed by atoms with Crippen LogP contribution < -0.4 is 14.8 Å². The van der Waals surface area contributed by atoms with E-state index in [4.69, 9.17) is 21.1 Å². The first-order valence-electron chi connectivity index (χ1n) is 6.21. The first kappa shape index (κ1) is 14.4. The van der Waals surface area contributed by atoms with E-state index < -0.39 is 0 Å². The summed E-state index contributed by atoms with van der Waals surface area (Å²) in [6.07, 6.45) is 1.44. The molecule has 0 aliphatic rings. The molecule has 0 aliphatic carbocycles. The Morgan fingerprint density at radius 1 is 1.25 bits per heavy atom. The van der Waals surface area contributed by atoms with E-state index in [1.54, 1.807) is 13.2 Å². The van der Waals surface area contributed by atoms with Crippen molar-refractivity contribution in [3.63, 3.8) is 0 Å². The molecule has 0 radical (unpaired) electrons. The van der Waals surface area contributed by atoms with E-state index in [0.29, 0.717) is 24.2 Å². The predicted octanol–water partition coefficient (Wildman–Crippen LogP) is 3.37. The molecule has 1 aromatic heterocycles. The van der Waals surface area contributed by atoms with Crippen LogP contribution in [0.3, 0.4) is 0 Å². The van der Waals surface area contributed by atoms with Crippen LogP contribution in [0, 0.1) is 0 Å². The third-order valence-electron chi connectivity index (χ3n) is 2.63. The van der Waals surface area contributed by atoms with Crippen molar-refractivity contribution in [1.29, 1.82) is 0 Å². The minimum Gasteiger partial charge on any atom is -0.494 e. The summed E-state index contributed by atoms with van der Waals surface area (Å²) < 4.78 is 10.6. The number of methoxy groups -OCH3 is 1. The molecule has 0 saturated heterocycles. The summed E-state index contributed by atoms with van der Waals surface area (Å²) in [4.78, 5) is 8.09. The van der Waals surface area contributed by atoms with E-state index in [0.717, 1.165) is 17.0 Å². The molecular weight excluding hydrogens is 278 g/mol. The van der Waals surface area contributed by atoms with Crippen LogP contribution in [-0.2, 0) is 5.88 Å². The van der Waals surface area contributed by atoms with Crippen LogP contribution in [0.15, 0.2) is 30.6 Å². The second-order valence-corrected chi connectivity index (χ2v) is 4.23. The molecule has 2 aromatic rings. The van der Waals surface area contributed by atoms with Crippen molar-refractivity contribution >= 4 is 23.1 Å². The van der Waals surface area contributed by atoms with Gasteiger partial charge in [0, 0.05) is 17.3 Å². The van der Waals surface area contributed by atoms with Gasteiger partial charge in [0.1, 0.15) is 17.9 Å². The van der Waals surface area contributed by atoms with Gasteiger partial charge in [0.25, 0.3) is 0 Å². The monoisotopic (exact) mass is 293 g/mol. The standard InChI is InChI=1S/C14H16ClN3O2/c1-3-20-12-5-4-11(6-10(12)8-15)18-13-7-14(19-2)17-9-16-13/h4-7,9H,3,8H2,1-2H3,(H,16,17,18). The lowest BCUT2D eigenvalue weighted by atomic mass is 10.2. The quantitative estimate of drug-likeness (QED) is 0.828. The van der Waals surface area contributed by atoms with Crippen LogP contribution >= 0.6 is 11.6 Å². The zero-order valence-corrected chi connectivity index (χ0v) is 12.1. The van der Waals surface area contributed by atoms with E-state index in [1.165, 1.54) is 6.33 Å². The molecule has 1 N–H and O–H groups in total. The van der Waals surface area contributed by atoms with Crippen molar-refractivity contribution in [3.8, 4) is 11.6 Å². The summed E-state index contributed by atoms with van der Waals surface area (Å²) in [6.45, 7) is 2.55. The number of nitrogens with zero attached hydrogens (tertiary/aromatic N) is 2. The molecule has 0 spiro atoms. The van der Waals surface area contributed by atoms with Gasteiger partial charge in [-0.2, -0.15) is 0 Å². The Morgan fingerprint density at radius 2 is 2.10 bits per heavy atom. The maximum absolute atomic E-state index is 5.94. The van der Waals surface area contributed by atoms with Gasteiger partial charge in [0.05, 0.1) is 19.6 Å². The average Bonchev–Trinajstić information content (AvgIpc) is 2.49. The molecule has 106 valence electrons. The number of rotatable bonds is 6. The molecule has 0 saturated carbocycles. The predicted molar refractivity (Wildman–Crippen MR) is 79.0 cm³/mol. The van der Waals surface area contributed by atoms with Crippen molar-refractivity contribution in [3.05, 3.63) is 36.2 Å². The van der Waals surface area contributed by atoms with E-state index in [9.17, 15) is 0 Å². The number of nitrogens with one attached hydrogen (secondary N) is 1. The fourth-order valence-corrected chi connectivity index (χ4v) is 1.93. The van der Waals surface area contributed by atoms with Gasteiger partial charge in [-0.15, -0.1) is 11.6 Å². The summed E-state index contributed by atoms with van der Waals surface area (Å²) in [6, 6.07) is 7.46. The fraction of sp³-hybridized carbons (Fsp3) is 0.286. The van der Waals surface area contributed by atoms with Gasteiger partial charge in [-0.05, 0) is 25.1 Å². The smallest absolute Gasteiger partial charge is 0.218 e. The van der Waals surface area contributed by atoms with Crippen LogP contribution in [0.4, 0.5) is 11.5 Å². The summed E-state index contributed by atoms with van der Waals surface area (Å²) >= 11 is 5.94. The lowest BCUT2D eigenvalue weighted by Crippen LogP contribution is -1.99. The van der Waals surface area contributed by atoms with E-state index in [-0.39, 0.29) is 0 Å². The molecule has 0 aliphatic heterocycles. The van der Waals surface area contributed by atoms with Crippen molar-refractivity contribution in [1.82, 2.24) is 9.97 Å². The molecule has 1 aromatic carbocycles. The van der Waals surface area contributed by atoms with Gasteiger partial charge in [-0.3, -0.25) is 0 Å². The van der Waals surface area contributed by atoms with Crippen LogP contribution in [0.5, 0.6) is 11.6 Å². The maximum Gasteiger partial charge on any atom is 0.218 e. The van der Waals surface area contributed by atoms with Gasteiger partial charge in [-0.25, -0.2) is 9.97 Å². The Morgan fingerprint density at radius 3 is 2.80 bits per heavy atom. The number of aromatic nitrogens is 2. The summed E-state index contributed by atoms with van der Waals surface area (Å²) in [5.41, 5.74) is 1.81. The molecular formula is C14H16ClN3O2. The minimum atomic E-state index is 0.387. The largest absolute Gasteiger partial charge is 0.494 e. The first-order chi connectivity index (χ1) is 9.76. The number of ether oxygens (including phenoxy) is 2. The van der Waals surface area contributed by atoms with Crippen LogP contribution in [0.25, 0.3) is 0 Å². The summed E-state index contributed by atoms with van der Waals surface area (Å²) in [5.74, 6) is 2.35. The van der Waals surface area contributed by atoms with Crippen molar-refractivity contribution in [2.75, 3.05) is 19.0 Å². The van der Waals surface area contributed by atoms with Crippen molar-refractivity contribution in [2.45, 2.75) is 12.8 Å². The van der Waals surface area contributed by atoms with Crippen molar-refractivity contribution in [2.24, 2.45) is 0 Å². The van der Waals surface area contributed by atoms with E-state index >= 15 is 0 Å². The zero-order chi connectivity index (χ0) is 14.4. The highest BCUT2D eigenvalue weighted by Gasteiger charge is 2.05. The van der Waals surface area contributed by atoms with Crippen LogP contribution in [0.2, 0.25) is 0 Å². The Bertz CT molecular complexity index is 578. The molecule has 1 heterocycles. The zero-order valence-electron chi connectivity index (χ0n) is 11.4. The number of hydrogen-bond donors (Lipinski definition) is 1. The molecule has 20 heavy (non-hydrogen) atoms. The van der Waals surface area contributed by atoms with E-state index in [2.05, 4.69) is 15.3 Å². The van der Waals surface area contributed by atoms with Crippen LogP contribution in [-0.4, -0.2) is 23.7 Å². The van der Waals surface area contributed by atoms with E-state index in [1.807, 2.05) is 25.1 Å². The highest BCUT2D eigenvalue weighted by Crippen LogP contribution is 2.26. The molecule has 0 unspecified atom stereocenters. The molecule has 0 bridgehead atoms. The van der Waals surface area contributed by atoms with Gasteiger partial charge in [0.15, 0.2) is 0 Å². The Balaban J connectivity index is 2.20. The molecule has 0 amide bonds. The SMILES string of the molecule is CCOc1ccc(Nc2cc(OC)ncn2)cc1CCl. The number of benzene rings is 1. The highest BCUT2D eigenvalue weighted by molar-refractivity contribution is 6.17.